The van der Waals surface area contributed by atoms with Gasteiger partial charge >= 0.3 is 0 Å². The average Bonchev–Trinajstić information content (AvgIpc) is 2.61. The van der Waals surface area contributed by atoms with Gasteiger partial charge in [-0.2, -0.15) is 0 Å². The molecule has 0 bridgehead atoms. The largest absolute Gasteiger partial charge is 0.496 e. The summed E-state index contributed by atoms with van der Waals surface area (Å²) in [4.78, 5) is 4.16. The highest BCUT2D eigenvalue weighted by Crippen LogP contribution is 2.16. The molecule has 0 heterocycles. The summed E-state index contributed by atoms with van der Waals surface area (Å²) in [7, 11) is 3.35. The molecule has 0 aliphatic rings. The molecule has 2 rings (SSSR count). The van der Waals surface area contributed by atoms with Gasteiger partial charge in [-0.25, -0.2) is 4.39 Å². The Balaban J connectivity index is 1.74. The number of aliphatic imine (C=N–C) groups is 1. The SMILES string of the molecule is CN=C(NCCOc1cccc(F)c1)NCc1ccccc1OC. The Morgan fingerprint density at radius 3 is 2.71 bits per heavy atom. The van der Waals surface area contributed by atoms with Crippen LogP contribution < -0.4 is 20.1 Å². The zero-order chi connectivity index (χ0) is 17.2. The van der Waals surface area contributed by atoms with Crippen molar-refractivity contribution in [3.8, 4) is 11.5 Å². The second kappa shape index (κ2) is 9.39. The Hall–Kier alpha value is -2.76. The predicted molar refractivity (Wildman–Crippen MR) is 93.1 cm³/mol. The summed E-state index contributed by atoms with van der Waals surface area (Å²) in [5, 5.41) is 6.35. The van der Waals surface area contributed by atoms with Crippen molar-refractivity contribution in [3.05, 3.63) is 59.9 Å². The number of nitrogens with one attached hydrogen (secondary N) is 2. The molecule has 24 heavy (non-hydrogen) atoms. The van der Waals surface area contributed by atoms with E-state index in [9.17, 15) is 4.39 Å². The summed E-state index contributed by atoms with van der Waals surface area (Å²) in [5.74, 6) is 1.68. The number of nitrogens with zero attached hydrogens (tertiary/aromatic N) is 1. The smallest absolute Gasteiger partial charge is 0.191 e. The van der Waals surface area contributed by atoms with Gasteiger partial charge in [0.2, 0.25) is 0 Å². The molecular formula is C18H22FN3O2. The third kappa shape index (κ3) is 5.46. The maximum atomic E-state index is 13.0. The quantitative estimate of drug-likeness (QED) is 0.465. The van der Waals surface area contributed by atoms with E-state index >= 15 is 0 Å². The molecule has 0 aromatic heterocycles. The molecular weight excluding hydrogens is 309 g/mol. The zero-order valence-electron chi connectivity index (χ0n) is 13.9. The molecule has 0 atom stereocenters. The fourth-order valence-corrected chi connectivity index (χ4v) is 2.14. The molecule has 0 unspecified atom stereocenters. The van der Waals surface area contributed by atoms with E-state index < -0.39 is 0 Å². The number of guanidine groups is 1. The lowest BCUT2D eigenvalue weighted by Gasteiger charge is -2.14. The molecule has 128 valence electrons. The number of hydrogen-bond acceptors (Lipinski definition) is 3. The molecule has 0 saturated carbocycles. The van der Waals surface area contributed by atoms with Crippen LogP contribution >= 0.6 is 0 Å². The molecule has 0 amide bonds. The van der Waals surface area contributed by atoms with E-state index in [0.29, 0.717) is 31.4 Å². The average molecular weight is 331 g/mol. The molecule has 6 heteroatoms. The second-order valence-electron chi connectivity index (χ2n) is 4.97. The first-order chi connectivity index (χ1) is 11.7. The van der Waals surface area contributed by atoms with Crippen LogP contribution in [0.15, 0.2) is 53.5 Å². The van der Waals surface area contributed by atoms with Crippen molar-refractivity contribution < 1.29 is 13.9 Å². The van der Waals surface area contributed by atoms with Gasteiger partial charge in [0.1, 0.15) is 23.9 Å². The van der Waals surface area contributed by atoms with E-state index in [-0.39, 0.29) is 5.82 Å². The first kappa shape index (κ1) is 17.6. The van der Waals surface area contributed by atoms with E-state index in [1.54, 1.807) is 26.3 Å². The first-order valence-electron chi connectivity index (χ1n) is 7.67. The van der Waals surface area contributed by atoms with Gasteiger partial charge in [-0.05, 0) is 18.2 Å². The van der Waals surface area contributed by atoms with Crippen molar-refractivity contribution in [1.82, 2.24) is 10.6 Å². The van der Waals surface area contributed by atoms with Crippen LogP contribution in [-0.2, 0) is 6.54 Å². The number of para-hydroxylation sites is 1. The van der Waals surface area contributed by atoms with Crippen LogP contribution in [0.5, 0.6) is 11.5 Å². The lowest BCUT2D eigenvalue weighted by molar-refractivity contribution is 0.320. The fraction of sp³-hybridized carbons (Fsp3) is 0.278. The molecule has 2 aromatic rings. The maximum Gasteiger partial charge on any atom is 0.191 e. The van der Waals surface area contributed by atoms with Gasteiger partial charge in [0.25, 0.3) is 0 Å². The van der Waals surface area contributed by atoms with Crippen molar-refractivity contribution in [2.75, 3.05) is 27.3 Å². The summed E-state index contributed by atoms with van der Waals surface area (Å²) in [6, 6.07) is 13.9. The third-order valence-electron chi connectivity index (χ3n) is 3.32. The fourth-order valence-electron chi connectivity index (χ4n) is 2.14. The van der Waals surface area contributed by atoms with E-state index in [1.165, 1.54) is 12.1 Å². The third-order valence-corrected chi connectivity index (χ3v) is 3.32. The van der Waals surface area contributed by atoms with Crippen LogP contribution in [-0.4, -0.2) is 33.3 Å². The van der Waals surface area contributed by atoms with Crippen molar-refractivity contribution in [2.45, 2.75) is 6.54 Å². The molecule has 0 aliphatic heterocycles. The monoisotopic (exact) mass is 331 g/mol. The minimum Gasteiger partial charge on any atom is -0.496 e. The van der Waals surface area contributed by atoms with Gasteiger partial charge in [0, 0.05) is 25.2 Å². The summed E-state index contributed by atoms with van der Waals surface area (Å²) in [5.41, 5.74) is 1.04. The first-order valence-corrected chi connectivity index (χ1v) is 7.67. The summed E-state index contributed by atoms with van der Waals surface area (Å²) < 4.78 is 23.8. The van der Waals surface area contributed by atoms with Crippen molar-refractivity contribution in [2.24, 2.45) is 4.99 Å². The standard InChI is InChI=1S/C18H22FN3O2/c1-20-18(22-13-14-6-3-4-9-17(14)23-2)21-10-11-24-16-8-5-7-15(19)12-16/h3-9,12H,10-11,13H2,1-2H3,(H2,20,21,22). The van der Waals surface area contributed by atoms with Crippen LogP contribution in [0.3, 0.4) is 0 Å². The van der Waals surface area contributed by atoms with Crippen LogP contribution in [0.25, 0.3) is 0 Å². The predicted octanol–water partition coefficient (Wildman–Crippen LogP) is 2.58. The Bertz CT molecular complexity index is 677. The Morgan fingerprint density at radius 1 is 1.12 bits per heavy atom. The highest BCUT2D eigenvalue weighted by molar-refractivity contribution is 5.79. The Labute approximate surface area is 141 Å². The summed E-state index contributed by atoms with van der Waals surface area (Å²) in [6.07, 6.45) is 0. The van der Waals surface area contributed by atoms with Crippen LogP contribution in [0.2, 0.25) is 0 Å². The molecule has 0 saturated heterocycles. The van der Waals surface area contributed by atoms with E-state index in [0.717, 1.165) is 11.3 Å². The van der Waals surface area contributed by atoms with E-state index in [2.05, 4.69) is 15.6 Å². The highest BCUT2D eigenvalue weighted by Gasteiger charge is 2.03. The van der Waals surface area contributed by atoms with Gasteiger partial charge in [-0.3, -0.25) is 4.99 Å². The van der Waals surface area contributed by atoms with E-state index in [1.807, 2.05) is 24.3 Å². The topological polar surface area (TPSA) is 54.9 Å². The molecule has 2 aromatic carbocycles. The summed E-state index contributed by atoms with van der Waals surface area (Å²) >= 11 is 0. The molecule has 5 nitrogen and oxygen atoms in total. The summed E-state index contributed by atoms with van der Waals surface area (Å²) in [6.45, 7) is 1.54. The van der Waals surface area contributed by atoms with E-state index in [4.69, 9.17) is 9.47 Å². The van der Waals surface area contributed by atoms with Gasteiger partial charge in [-0.1, -0.05) is 24.3 Å². The number of hydrogen-bond donors (Lipinski definition) is 2. The number of halogens is 1. The van der Waals surface area contributed by atoms with Crippen LogP contribution in [0, 0.1) is 5.82 Å². The molecule has 2 N–H and O–H groups in total. The highest BCUT2D eigenvalue weighted by atomic mass is 19.1. The number of ether oxygens (including phenoxy) is 2. The van der Waals surface area contributed by atoms with Gasteiger partial charge < -0.3 is 20.1 Å². The lowest BCUT2D eigenvalue weighted by Crippen LogP contribution is -2.38. The molecule has 0 radical (unpaired) electrons. The normalized spacial score (nSPS) is 11.0. The van der Waals surface area contributed by atoms with Gasteiger partial charge in [0.05, 0.1) is 13.7 Å². The van der Waals surface area contributed by atoms with Crippen LogP contribution in [0.1, 0.15) is 5.56 Å². The maximum absolute atomic E-state index is 13.0. The molecule has 0 fully saturated rings. The lowest BCUT2D eigenvalue weighted by atomic mass is 10.2. The van der Waals surface area contributed by atoms with Crippen molar-refractivity contribution in [3.63, 3.8) is 0 Å². The van der Waals surface area contributed by atoms with Crippen LogP contribution in [0.4, 0.5) is 4.39 Å². The molecule has 0 aliphatic carbocycles. The second-order valence-corrected chi connectivity index (χ2v) is 4.97. The minimum atomic E-state index is -0.310. The van der Waals surface area contributed by atoms with Gasteiger partial charge in [-0.15, -0.1) is 0 Å². The zero-order valence-corrected chi connectivity index (χ0v) is 13.9. The molecule has 0 spiro atoms. The number of rotatable bonds is 7. The van der Waals surface area contributed by atoms with Crippen molar-refractivity contribution in [1.29, 1.82) is 0 Å². The Kier molecular flexibility index (Phi) is 6.89. The number of methoxy groups -OCH3 is 1. The van der Waals surface area contributed by atoms with Crippen molar-refractivity contribution >= 4 is 5.96 Å². The Morgan fingerprint density at radius 2 is 1.96 bits per heavy atom. The minimum absolute atomic E-state index is 0.310. The number of benzene rings is 2. The van der Waals surface area contributed by atoms with Gasteiger partial charge in [0.15, 0.2) is 5.96 Å².